The zero-order chi connectivity index (χ0) is 24.0. The number of rotatable bonds is 8. The van der Waals surface area contributed by atoms with Crippen molar-refractivity contribution in [3.05, 3.63) is 0 Å². The summed E-state index contributed by atoms with van der Waals surface area (Å²) in [4.78, 5) is 0. The van der Waals surface area contributed by atoms with Gasteiger partial charge in [-0.2, -0.15) is 8.42 Å². The lowest BCUT2D eigenvalue weighted by atomic mass is 9.44. The molecule has 33 heavy (non-hydrogen) atoms. The maximum absolute atomic E-state index is 11.2. The summed E-state index contributed by atoms with van der Waals surface area (Å²) in [7, 11) is -3.95. The van der Waals surface area contributed by atoms with Gasteiger partial charge in [0, 0.05) is 6.61 Å². The van der Waals surface area contributed by atoms with Crippen LogP contribution in [-0.2, 0) is 14.9 Å². The van der Waals surface area contributed by atoms with Crippen LogP contribution >= 0.6 is 0 Å². The topological polar surface area (TPSA) is 104 Å². The van der Waals surface area contributed by atoms with Crippen LogP contribution in [0.4, 0.5) is 0 Å². The van der Waals surface area contributed by atoms with Gasteiger partial charge in [0.25, 0.3) is 10.1 Å². The number of aliphatic hydroxyl groups is 2. The molecule has 0 aromatic rings. The second kappa shape index (κ2) is 9.68. The Kier molecular flexibility index (Phi) is 7.59. The van der Waals surface area contributed by atoms with Crippen LogP contribution in [0.1, 0.15) is 85.0 Å². The van der Waals surface area contributed by atoms with Crippen molar-refractivity contribution < 1.29 is 27.9 Å². The van der Waals surface area contributed by atoms with E-state index in [9.17, 15) is 18.6 Å². The summed E-state index contributed by atoms with van der Waals surface area (Å²) in [6.45, 7) is 7.91. The van der Waals surface area contributed by atoms with Gasteiger partial charge in [-0.05, 0) is 111 Å². The molecule has 6 nitrogen and oxygen atoms in total. The summed E-state index contributed by atoms with van der Waals surface area (Å²) in [6.07, 6.45) is 10.2. The normalized spacial score (nSPS) is 46.3. The maximum atomic E-state index is 11.2. The number of hydrogen-bond acceptors (Lipinski definition) is 5. The molecule has 4 saturated carbocycles. The van der Waals surface area contributed by atoms with E-state index in [0.717, 1.165) is 38.5 Å². The molecule has 0 bridgehead atoms. The molecule has 0 heterocycles. The fraction of sp³-hybridized carbons (Fsp3) is 1.00. The van der Waals surface area contributed by atoms with Crippen molar-refractivity contribution in [2.24, 2.45) is 46.3 Å². The second-order valence-electron chi connectivity index (χ2n) is 12.5. The Morgan fingerprint density at radius 2 is 1.64 bits per heavy atom. The van der Waals surface area contributed by atoms with Gasteiger partial charge >= 0.3 is 0 Å². The lowest BCUT2D eigenvalue weighted by molar-refractivity contribution is -0.172. The summed E-state index contributed by atoms with van der Waals surface area (Å²) in [5, 5.41) is 21.4. The van der Waals surface area contributed by atoms with E-state index in [-0.39, 0.29) is 35.9 Å². The fourth-order valence-corrected chi connectivity index (χ4v) is 9.56. The van der Waals surface area contributed by atoms with E-state index in [1.54, 1.807) is 0 Å². The third-order valence-electron chi connectivity index (χ3n) is 10.8. The average Bonchev–Trinajstić information content (AvgIpc) is 3.08. The van der Waals surface area contributed by atoms with Gasteiger partial charge < -0.3 is 14.9 Å². The molecule has 0 amide bonds. The molecular weight excluding hydrogens is 440 g/mol. The van der Waals surface area contributed by atoms with Gasteiger partial charge in [0.2, 0.25) is 0 Å². The van der Waals surface area contributed by atoms with E-state index in [2.05, 4.69) is 20.8 Å². The Morgan fingerprint density at radius 1 is 0.939 bits per heavy atom. The van der Waals surface area contributed by atoms with Gasteiger partial charge in [0.15, 0.2) is 0 Å². The zero-order valence-electron chi connectivity index (χ0n) is 20.8. The van der Waals surface area contributed by atoms with Crippen LogP contribution in [0.5, 0.6) is 0 Å². The van der Waals surface area contributed by atoms with Crippen molar-refractivity contribution in [1.29, 1.82) is 0 Å². The van der Waals surface area contributed by atoms with Crippen LogP contribution in [-0.4, -0.2) is 54.4 Å². The molecule has 4 aliphatic carbocycles. The first-order valence-electron chi connectivity index (χ1n) is 13.3. The molecule has 0 aromatic carbocycles. The van der Waals surface area contributed by atoms with E-state index in [0.29, 0.717) is 41.6 Å². The molecule has 0 radical (unpaired) electrons. The van der Waals surface area contributed by atoms with Gasteiger partial charge in [-0.1, -0.05) is 20.8 Å². The lowest BCUT2D eigenvalue weighted by Crippen LogP contribution is -2.58. The molecule has 0 aliphatic heterocycles. The summed E-state index contributed by atoms with van der Waals surface area (Å²) in [5.74, 6) is 3.19. The predicted octanol–water partition coefficient (Wildman–Crippen LogP) is 4.30. The minimum atomic E-state index is -3.95. The highest BCUT2D eigenvalue weighted by atomic mass is 32.2. The second-order valence-corrected chi connectivity index (χ2v) is 14.0. The molecule has 10 atom stereocenters. The van der Waals surface area contributed by atoms with Crippen molar-refractivity contribution in [3.63, 3.8) is 0 Å². The Balaban J connectivity index is 1.36. The van der Waals surface area contributed by atoms with Crippen molar-refractivity contribution in [1.82, 2.24) is 0 Å². The molecule has 3 N–H and O–H groups in total. The quantitative estimate of drug-likeness (QED) is 0.349. The van der Waals surface area contributed by atoms with E-state index in [1.807, 2.05) is 0 Å². The minimum absolute atomic E-state index is 0.0542. The molecule has 7 heteroatoms. The Morgan fingerprint density at radius 3 is 2.36 bits per heavy atom. The summed E-state index contributed by atoms with van der Waals surface area (Å²) in [5.41, 5.74) is 0.509. The molecule has 0 spiro atoms. The Bertz CT molecular complexity index is 786. The molecule has 10 unspecified atom stereocenters. The smallest absolute Gasteiger partial charge is 0.267 e. The van der Waals surface area contributed by atoms with Crippen molar-refractivity contribution >= 4 is 10.1 Å². The molecule has 192 valence electrons. The van der Waals surface area contributed by atoms with Gasteiger partial charge in [-0.25, -0.2) is 0 Å². The van der Waals surface area contributed by atoms with E-state index >= 15 is 0 Å². The van der Waals surface area contributed by atoms with Crippen molar-refractivity contribution in [3.8, 4) is 0 Å². The monoisotopic (exact) mass is 486 g/mol. The number of hydrogen-bond donors (Lipinski definition) is 3. The van der Waals surface area contributed by atoms with Crippen LogP contribution in [0.25, 0.3) is 0 Å². The standard InChI is InChI=1S/C26H46O6S/c1-17(5-4-12-32-13-14-33(29,30)31)20-6-7-21-19-16-24(28)23-15-18(27)8-10-26(23,3)22(19)9-11-25(20,21)2/h17-24,27-28H,4-16H2,1-3H3,(H,29,30,31). The van der Waals surface area contributed by atoms with Crippen LogP contribution < -0.4 is 0 Å². The van der Waals surface area contributed by atoms with Crippen LogP contribution in [0.15, 0.2) is 0 Å². The summed E-state index contributed by atoms with van der Waals surface area (Å²) < 4.78 is 35.8. The molecule has 0 aromatic heterocycles. The van der Waals surface area contributed by atoms with Crippen molar-refractivity contribution in [2.75, 3.05) is 19.0 Å². The minimum Gasteiger partial charge on any atom is -0.393 e. The third-order valence-corrected chi connectivity index (χ3v) is 11.5. The van der Waals surface area contributed by atoms with E-state index in [4.69, 9.17) is 9.29 Å². The Labute approximate surface area is 200 Å². The molecule has 0 saturated heterocycles. The first-order chi connectivity index (χ1) is 15.5. The summed E-state index contributed by atoms with van der Waals surface area (Å²) >= 11 is 0. The molecule has 4 fully saturated rings. The fourth-order valence-electron chi connectivity index (χ4n) is 9.23. The predicted molar refractivity (Wildman–Crippen MR) is 128 cm³/mol. The largest absolute Gasteiger partial charge is 0.393 e. The van der Waals surface area contributed by atoms with Crippen LogP contribution in [0.2, 0.25) is 0 Å². The van der Waals surface area contributed by atoms with E-state index < -0.39 is 10.1 Å². The Hall–Kier alpha value is -0.210. The molecule has 4 aliphatic rings. The lowest BCUT2D eigenvalue weighted by Gasteiger charge is -2.62. The van der Waals surface area contributed by atoms with Crippen LogP contribution in [0.3, 0.4) is 0 Å². The van der Waals surface area contributed by atoms with Crippen molar-refractivity contribution in [2.45, 2.75) is 97.2 Å². The first-order valence-corrected chi connectivity index (χ1v) is 15.0. The third kappa shape index (κ3) is 5.04. The maximum Gasteiger partial charge on any atom is 0.267 e. The van der Waals surface area contributed by atoms with Gasteiger partial charge in [0.1, 0.15) is 0 Å². The average molecular weight is 487 g/mol. The highest BCUT2D eigenvalue weighted by molar-refractivity contribution is 7.85. The van der Waals surface area contributed by atoms with E-state index in [1.165, 1.54) is 25.7 Å². The highest BCUT2D eigenvalue weighted by Gasteiger charge is 2.62. The number of fused-ring (bicyclic) bond motifs is 5. The van der Waals surface area contributed by atoms with Crippen LogP contribution in [0, 0.1) is 46.3 Å². The van der Waals surface area contributed by atoms with Gasteiger partial charge in [0.05, 0.1) is 24.6 Å². The SMILES string of the molecule is CC(CCCOCCS(=O)(=O)O)C1CCC2C3CC(O)C4CC(O)CCC4(C)C3CCC12C. The first kappa shape index (κ1) is 25.9. The number of ether oxygens (including phenoxy) is 1. The van der Waals surface area contributed by atoms with Gasteiger partial charge in [-0.15, -0.1) is 0 Å². The highest BCUT2D eigenvalue weighted by Crippen LogP contribution is 2.68. The number of aliphatic hydroxyl groups excluding tert-OH is 2. The summed E-state index contributed by atoms with van der Waals surface area (Å²) in [6, 6.07) is 0. The zero-order valence-corrected chi connectivity index (χ0v) is 21.6. The molecule has 4 rings (SSSR count). The molecular formula is C26H46O6S. The van der Waals surface area contributed by atoms with Gasteiger partial charge in [-0.3, -0.25) is 4.55 Å².